The zero-order valence-corrected chi connectivity index (χ0v) is 15.3. The van der Waals surface area contributed by atoms with Crippen LogP contribution >= 0.6 is 0 Å². The highest BCUT2D eigenvalue weighted by Gasteiger charge is 2.31. The molecule has 2 rings (SSSR count). The maximum atomic E-state index is 12.3. The molecule has 0 aromatic heterocycles. The summed E-state index contributed by atoms with van der Waals surface area (Å²) < 4.78 is 25.1. The summed E-state index contributed by atoms with van der Waals surface area (Å²) in [5.41, 5.74) is -0.0685. The van der Waals surface area contributed by atoms with Gasteiger partial charge in [0.25, 0.3) is 0 Å². The van der Waals surface area contributed by atoms with Crippen molar-refractivity contribution in [1.29, 1.82) is 0 Å². The van der Waals surface area contributed by atoms with Gasteiger partial charge in [0.2, 0.25) is 15.9 Å². The maximum Gasteiger partial charge on any atom is 0.240 e. The monoisotopic (exact) mass is 348 g/mol. The summed E-state index contributed by atoms with van der Waals surface area (Å²) in [5, 5.41) is 5.21. The molecule has 1 amide bonds. The number of hydrogen-bond donors (Lipinski definition) is 2. The molecule has 0 heterocycles. The number of rotatable bonds is 6. The number of carbonyl (C=O) groups excluding carboxylic acids is 1. The summed E-state index contributed by atoms with van der Waals surface area (Å²) in [6, 6.07) is 14.2. The second-order valence-electron chi connectivity index (χ2n) is 6.76. The third-order valence-corrected chi connectivity index (χ3v) is 4.62. The summed E-state index contributed by atoms with van der Waals surface area (Å²) in [7, 11) is -3.46. The van der Waals surface area contributed by atoms with E-state index in [1.807, 2.05) is 25.1 Å². The normalized spacial score (nSPS) is 13.7. The fourth-order valence-electron chi connectivity index (χ4n) is 2.68. The van der Waals surface area contributed by atoms with E-state index < -0.39 is 15.6 Å². The van der Waals surface area contributed by atoms with Crippen molar-refractivity contribution in [2.24, 2.45) is 0 Å². The fourth-order valence-corrected chi connectivity index (χ4v) is 3.70. The first-order chi connectivity index (χ1) is 11.1. The minimum absolute atomic E-state index is 0.112. The zero-order chi connectivity index (χ0) is 18.0. The summed E-state index contributed by atoms with van der Waals surface area (Å²) in [6.07, 6.45) is 1.71. The molecular weight excluding hydrogens is 324 g/mol. The van der Waals surface area contributed by atoms with Crippen LogP contribution in [0.4, 0.5) is 0 Å². The van der Waals surface area contributed by atoms with Gasteiger partial charge in [-0.05, 0) is 43.5 Å². The summed E-state index contributed by atoms with van der Waals surface area (Å²) in [6.45, 7) is 5.00. The zero-order valence-electron chi connectivity index (χ0n) is 14.5. The predicted octanol–water partition coefficient (Wildman–Crippen LogP) is 2.21. The third-order valence-electron chi connectivity index (χ3n) is 3.74. The van der Waals surface area contributed by atoms with Gasteiger partial charge in [-0.25, -0.2) is 13.1 Å². The number of benzene rings is 2. The molecule has 24 heavy (non-hydrogen) atoms. The Kier molecular flexibility index (Phi) is 5.30. The van der Waals surface area contributed by atoms with Gasteiger partial charge < -0.3 is 5.32 Å². The van der Waals surface area contributed by atoms with E-state index in [9.17, 15) is 13.2 Å². The number of nitrogens with one attached hydrogen (secondary N) is 2. The molecule has 6 heteroatoms. The average Bonchev–Trinajstić information content (AvgIpc) is 2.44. The molecule has 0 saturated carbocycles. The fraction of sp³-hybridized carbons (Fsp3) is 0.389. The van der Waals surface area contributed by atoms with E-state index in [1.165, 1.54) is 5.39 Å². The Hall–Kier alpha value is -1.92. The molecule has 0 radical (unpaired) electrons. The SMILES string of the molecule is C[C@@H](Cc1ccc2ccccc2c1)NC(=O)C(C)(C)NS(C)(=O)=O. The van der Waals surface area contributed by atoms with E-state index >= 15 is 0 Å². The smallest absolute Gasteiger partial charge is 0.240 e. The lowest BCUT2D eigenvalue weighted by molar-refractivity contribution is -0.126. The molecule has 0 bridgehead atoms. The van der Waals surface area contributed by atoms with Gasteiger partial charge in [0, 0.05) is 6.04 Å². The van der Waals surface area contributed by atoms with E-state index in [2.05, 4.69) is 34.3 Å². The second kappa shape index (κ2) is 6.91. The first kappa shape index (κ1) is 18.4. The van der Waals surface area contributed by atoms with Crippen molar-refractivity contribution in [1.82, 2.24) is 10.0 Å². The molecule has 5 nitrogen and oxygen atoms in total. The molecule has 0 unspecified atom stereocenters. The lowest BCUT2D eigenvalue weighted by Crippen LogP contribution is -2.56. The van der Waals surface area contributed by atoms with E-state index in [4.69, 9.17) is 0 Å². The molecule has 130 valence electrons. The van der Waals surface area contributed by atoms with Crippen molar-refractivity contribution in [2.45, 2.75) is 38.8 Å². The number of hydrogen-bond acceptors (Lipinski definition) is 3. The third kappa shape index (κ3) is 5.04. The Balaban J connectivity index is 2.03. The molecule has 0 saturated heterocycles. The quantitative estimate of drug-likeness (QED) is 0.840. The molecule has 0 fully saturated rings. The van der Waals surface area contributed by atoms with Crippen molar-refractivity contribution >= 4 is 26.7 Å². The van der Waals surface area contributed by atoms with Gasteiger partial charge in [0.05, 0.1) is 6.26 Å². The first-order valence-electron chi connectivity index (χ1n) is 7.84. The molecule has 0 aliphatic carbocycles. The van der Waals surface area contributed by atoms with Crippen LogP contribution in [0.3, 0.4) is 0 Å². The molecule has 1 atom stereocenters. The number of sulfonamides is 1. The summed E-state index contributed by atoms with van der Waals surface area (Å²) in [4.78, 5) is 12.3. The molecule has 0 aliphatic heterocycles. The minimum Gasteiger partial charge on any atom is -0.352 e. The molecular formula is C18H24N2O3S. The number of carbonyl (C=O) groups is 1. The van der Waals surface area contributed by atoms with Crippen LogP contribution in [0.25, 0.3) is 10.8 Å². The standard InChI is InChI=1S/C18H24N2O3S/c1-13(19-17(21)18(2,3)20-24(4,22)23)11-14-9-10-15-7-5-6-8-16(15)12-14/h5-10,12-13,20H,11H2,1-4H3,(H,19,21)/t13-/m0/s1. The molecule has 0 aliphatic rings. The van der Waals surface area contributed by atoms with Crippen molar-refractivity contribution in [3.05, 3.63) is 48.0 Å². The van der Waals surface area contributed by atoms with Crippen molar-refractivity contribution < 1.29 is 13.2 Å². The van der Waals surface area contributed by atoms with Crippen LogP contribution in [0.15, 0.2) is 42.5 Å². The van der Waals surface area contributed by atoms with Gasteiger partial charge in [0.1, 0.15) is 5.54 Å². The highest BCUT2D eigenvalue weighted by atomic mass is 32.2. The van der Waals surface area contributed by atoms with Crippen LogP contribution in [0, 0.1) is 0 Å². The number of amides is 1. The highest BCUT2D eigenvalue weighted by Crippen LogP contribution is 2.17. The average molecular weight is 348 g/mol. The summed E-state index contributed by atoms with van der Waals surface area (Å²) >= 11 is 0. The molecule has 2 aromatic carbocycles. The Morgan fingerprint density at radius 1 is 1.12 bits per heavy atom. The Bertz CT molecular complexity index is 844. The topological polar surface area (TPSA) is 75.3 Å². The maximum absolute atomic E-state index is 12.3. The van der Waals surface area contributed by atoms with E-state index in [0.29, 0.717) is 6.42 Å². The van der Waals surface area contributed by atoms with Crippen LogP contribution in [0.5, 0.6) is 0 Å². The molecule has 2 N–H and O–H groups in total. The lowest BCUT2D eigenvalue weighted by atomic mass is 10.0. The van der Waals surface area contributed by atoms with Gasteiger partial charge in [-0.2, -0.15) is 0 Å². The van der Waals surface area contributed by atoms with Crippen LogP contribution in [0.2, 0.25) is 0 Å². The summed E-state index contributed by atoms with van der Waals surface area (Å²) in [5.74, 6) is -0.346. The minimum atomic E-state index is -3.46. The highest BCUT2D eigenvalue weighted by molar-refractivity contribution is 7.88. The van der Waals surface area contributed by atoms with Crippen LogP contribution in [-0.2, 0) is 21.2 Å². The van der Waals surface area contributed by atoms with E-state index in [-0.39, 0.29) is 11.9 Å². The van der Waals surface area contributed by atoms with Gasteiger partial charge in [-0.15, -0.1) is 0 Å². The Morgan fingerprint density at radius 2 is 1.75 bits per heavy atom. The Labute approximate surface area is 143 Å². The van der Waals surface area contributed by atoms with Crippen LogP contribution in [-0.4, -0.2) is 32.2 Å². The lowest BCUT2D eigenvalue weighted by Gasteiger charge is -2.26. The van der Waals surface area contributed by atoms with Gasteiger partial charge in [0.15, 0.2) is 0 Å². The number of fused-ring (bicyclic) bond motifs is 1. The van der Waals surface area contributed by atoms with Crippen LogP contribution in [0.1, 0.15) is 26.3 Å². The van der Waals surface area contributed by atoms with Crippen molar-refractivity contribution in [3.8, 4) is 0 Å². The second-order valence-corrected chi connectivity index (χ2v) is 8.51. The van der Waals surface area contributed by atoms with Crippen molar-refractivity contribution in [2.75, 3.05) is 6.26 Å². The van der Waals surface area contributed by atoms with Crippen LogP contribution < -0.4 is 10.0 Å². The molecule has 2 aromatic rings. The van der Waals surface area contributed by atoms with Gasteiger partial charge >= 0.3 is 0 Å². The predicted molar refractivity (Wildman–Crippen MR) is 97.3 cm³/mol. The molecule has 0 spiro atoms. The largest absolute Gasteiger partial charge is 0.352 e. The van der Waals surface area contributed by atoms with Gasteiger partial charge in [-0.3, -0.25) is 4.79 Å². The first-order valence-corrected chi connectivity index (χ1v) is 9.73. The van der Waals surface area contributed by atoms with E-state index in [0.717, 1.165) is 17.2 Å². The van der Waals surface area contributed by atoms with Crippen molar-refractivity contribution in [3.63, 3.8) is 0 Å². The Morgan fingerprint density at radius 3 is 2.38 bits per heavy atom. The van der Waals surface area contributed by atoms with E-state index in [1.54, 1.807) is 13.8 Å². The van der Waals surface area contributed by atoms with Gasteiger partial charge in [-0.1, -0.05) is 42.5 Å².